The van der Waals surface area contributed by atoms with Crippen LogP contribution >= 0.6 is 11.6 Å². The summed E-state index contributed by atoms with van der Waals surface area (Å²) < 4.78 is 38.8. The number of halogens is 2. The fraction of sp³-hybridized carbons (Fsp3) is 0.576. The Morgan fingerprint density at radius 3 is 2.80 bits per heavy atom. The highest BCUT2D eigenvalue weighted by molar-refractivity contribution is 6.31. The van der Waals surface area contributed by atoms with Crippen LogP contribution in [0.15, 0.2) is 42.7 Å². The summed E-state index contributed by atoms with van der Waals surface area (Å²) in [5, 5.41) is 4.08. The predicted octanol–water partition coefficient (Wildman–Crippen LogP) is 7.30. The van der Waals surface area contributed by atoms with Crippen LogP contribution in [-0.2, 0) is 35.3 Å². The van der Waals surface area contributed by atoms with Crippen LogP contribution in [0.5, 0.6) is 0 Å². The highest BCUT2D eigenvalue weighted by atomic mass is 35.5. The monoisotopic (exact) mass is 627 g/mol. The second-order valence-corrected chi connectivity index (χ2v) is 13.3. The summed E-state index contributed by atoms with van der Waals surface area (Å²) in [5.74, 6) is 0.581. The van der Waals surface area contributed by atoms with Gasteiger partial charge in [0.2, 0.25) is 5.79 Å². The SMILES string of the molecule is C[C@H]1[C@H](OCCCOCc2ccc3ncnc(Nc4ccc(F)c(Cl)c4)c3c2)O[C@@H]2O[C@@]3(C)CC[C@H]4[C@H](C)CC[C@@H]1[C@@]24OO3. The molecule has 4 saturated heterocycles. The maximum atomic E-state index is 13.6. The third-order valence-corrected chi connectivity index (χ3v) is 10.3. The highest BCUT2D eigenvalue weighted by Crippen LogP contribution is 2.60. The number of hydrogen-bond acceptors (Lipinski definition) is 9. The lowest BCUT2D eigenvalue weighted by molar-refractivity contribution is -0.577. The van der Waals surface area contributed by atoms with E-state index in [9.17, 15) is 4.39 Å². The molecule has 1 N–H and O–H groups in total. The van der Waals surface area contributed by atoms with Gasteiger partial charge in [0.25, 0.3) is 0 Å². The summed E-state index contributed by atoms with van der Waals surface area (Å²) in [5.41, 5.74) is 1.82. The Hall–Kier alpha value is -2.44. The average Bonchev–Trinajstić information content (AvgIpc) is 3.25. The molecule has 1 aromatic heterocycles. The van der Waals surface area contributed by atoms with Gasteiger partial charge in [-0.3, -0.25) is 0 Å². The van der Waals surface area contributed by atoms with E-state index in [-0.39, 0.29) is 23.1 Å². The quantitative estimate of drug-likeness (QED) is 0.194. The van der Waals surface area contributed by atoms with Gasteiger partial charge >= 0.3 is 0 Å². The molecular formula is C33H39ClFN3O6. The number of rotatable bonds is 9. The molecule has 0 unspecified atom stereocenters. The number of benzene rings is 2. The van der Waals surface area contributed by atoms with E-state index in [2.05, 4.69) is 29.1 Å². The molecule has 0 amide bonds. The minimum absolute atomic E-state index is 0.0415. The van der Waals surface area contributed by atoms with Crippen molar-refractivity contribution >= 4 is 34.0 Å². The Morgan fingerprint density at radius 2 is 1.93 bits per heavy atom. The van der Waals surface area contributed by atoms with Gasteiger partial charge in [0.05, 0.1) is 23.8 Å². The first-order chi connectivity index (χ1) is 21.3. The van der Waals surface area contributed by atoms with Gasteiger partial charge in [-0.2, -0.15) is 0 Å². The number of fused-ring (bicyclic) bond motifs is 3. The lowest BCUT2D eigenvalue weighted by Crippen LogP contribution is -2.70. The van der Waals surface area contributed by atoms with Crippen molar-refractivity contribution in [1.29, 1.82) is 0 Å². The van der Waals surface area contributed by atoms with Crippen LogP contribution in [0.25, 0.3) is 10.9 Å². The first-order valence-corrected chi connectivity index (χ1v) is 16.0. The molecule has 2 aromatic carbocycles. The number of ether oxygens (including phenoxy) is 4. The van der Waals surface area contributed by atoms with Gasteiger partial charge in [0.15, 0.2) is 18.2 Å². The molecule has 5 fully saturated rings. The molecular weight excluding hydrogens is 589 g/mol. The van der Waals surface area contributed by atoms with E-state index in [0.717, 1.165) is 48.6 Å². The van der Waals surface area contributed by atoms with Crippen LogP contribution in [0.3, 0.4) is 0 Å². The smallest absolute Gasteiger partial charge is 0.201 e. The van der Waals surface area contributed by atoms with E-state index in [1.165, 1.54) is 18.5 Å². The Kier molecular flexibility index (Phi) is 8.28. The summed E-state index contributed by atoms with van der Waals surface area (Å²) in [7, 11) is 0. The van der Waals surface area contributed by atoms with Crippen molar-refractivity contribution in [2.45, 2.75) is 83.5 Å². The zero-order valence-corrected chi connectivity index (χ0v) is 26.0. The Balaban J connectivity index is 0.934. The zero-order valence-electron chi connectivity index (χ0n) is 25.3. The van der Waals surface area contributed by atoms with E-state index in [0.29, 0.717) is 43.2 Å². The summed E-state index contributed by atoms with van der Waals surface area (Å²) >= 11 is 5.95. The van der Waals surface area contributed by atoms with Crippen LogP contribution in [-0.4, -0.2) is 47.1 Å². The third-order valence-electron chi connectivity index (χ3n) is 9.96. The summed E-state index contributed by atoms with van der Waals surface area (Å²) in [6.07, 6.45) is 5.33. The Labute approximate surface area is 261 Å². The van der Waals surface area contributed by atoms with E-state index >= 15 is 0 Å². The van der Waals surface area contributed by atoms with Crippen LogP contribution < -0.4 is 5.32 Å². The van der Waals surface area contributed by atoms with Gasteiger partial charge in [-0.25, -0.2) is 24.1 Å². The molecule has 44 heavy (non-hydrogen) atoms. The lowest BCUT2D eigenvalue weighted by atomic mass is 9.58. The summed E-state index contributed by atoms with van der Waals surface area (Å²) in [4.78, 5) is 20.9. The van der Waals surface area contributed by atoms with Gasteiger partial charge in [0.1, 0.15) is 18.0 Å². The first kappa shape index (κ1) is 30.2. The average molecular weight is 628 g/mol. The number of nitrogens with zero attached hydrogens (tertiary/aromatic N) is 2. The van der Waals surface area contributed by atoms with Gasteiger partial charge in [-0.05, 0) is 80.3 Å². The van der Waals surface area contributed by atoms with Crippen molar-refractivity contribution in [2.75, 3.05) is 18.5 Å². The number of aromatic nitrogens is 2. The molecule has 11 heteroatoms. The highest BCUT2D eigenvalue weighted by Gasteiger charge is 2.69. The zero-order chi connectivity index (χ0) is 30.5. The van der Waals surface area contributed by atoms with Crippen molar-refractivity contribution in [3.8, 4) is 0 Å². The Bertz CT molecular complexity index is 1520. The van der Waals surface area contributed by atoms with E-state index in [1.54, 1.807) is 6.07 Å². The summed E-state index contributed by atoms with van der Waals surface area (Å²) in [6, 6.07) is 10.4. The molecule has 5 aliphatic rings. The molecule has 9 nitrogen and oxygen atoms in total. The molecule has 4 aliphatic heterocycles. The van der Waals surface area contributed by atoms with Gasteiger partial charge < -0.3 is 24.3 Å². The van der Waals surface area contributed by atoms with Crippen molar-refractivity contribution in [2.24, 2.45) is 23.7 Å². The second kappa shape index (κ2) is 12.1. The molecule has 2 bridgehead atoms. The molecule has 8 atom stereocenters. The van der Waals surface area contributed by atoms with Crippen LogP contribution in [0.2, 0.25) is 5.02 Å². The van der Waals surface area contributed by atoms with Crippen molar-refractivity contribution in [1.82, 2.24) is 9.97 Å². The fourth-order valence-corrected chi connectivity index (χ4v) is 7.80. The first-order valence-electron chi connectivity index (χ1n) is 15.6. The maximum absolute atomic E-state index is 13.6. The van der Waals surface area contributed by atoms with Gasteiger partial charge in [0, 0.05) is 35.9 Å². The standard InChI is InChI=1S/C33H39ClFN3O6/c1-19-5-8-25-20(2)30(41-31-33(25)24(19)11-12-32(3,42-31)43-44-33)40-14-4-13-39-17-21-6-10-28-23(15-21)29(37-18-36-28)38-22-7-9-27(35)26(34)16-22/h6-7,9-10,15-16,18-20,24-25,30-31H,4-5,8,11-14,17H2,1-3H3,(H,36,37,38)/t19-,20-,24+,25+,30-,31-,32-,33-/m1/s1. The molecule has 236 valence electrons. The lowest BCUT2D eigenvalue weighted by Gasteiger charge is -2.60. The predicted molar refractivity (Wildman–Crippen MR) is 161 cm³/mol. The maximum Gasteiger partial charge on any atom is 0.201 e. The van der Waals surface area contributed by atoms with Crippen molar-refractivity contribution < 1.29 is 33.1 Å². The van der Waals surface area contributed by atoms with Crippen molar-refractivity contribution in [3.63, 3.8) is 0 Å². The molecule has 1 aliphatic carbocycles. The van der Waals surface area contributed by atoms with Crippen LogP contribution in [0, 0.1) is 29.5 Å². The minimum Gasteiger partial charge on any atom is -0.377 e. The number of nitrogens with one attached hydrogen (secondary N) is 1. The number of hydrogen-bond donors (Lipinski definition) is 1. The molecule has 0 radical (unpaired) electrons. The van der Waals surface area contributed by atoms with Crippen LogP contribution in [0.4, 0.5) is 15.9 Å². The van der Waals surface area contributed by atoms with Crippen LogP contribution in [0.1, 0.15) is 58.4 Å². The molecule has 3 aromatic rings. The van der Waals surface area contributed by atoms with E-state index in [1.807, 2.05) is 25.1 Å². The third kappa shape index (κ3) is 5.48. The van der Waals surface area contributed by atoms with E-state index < -0.39 is 23.5 Å². The normalized spacial score (nSPS) is 34.5. The molecule has 5 heterocycles. The van der Waals surface area contributed by atoms with E-state index in [4.69, 9.17) is 40.3 Å². The topological polar surface area (TPSA) is 93.2 Å². The molecule has 1 saturated carbocycles. The fourth-order valence-electron chi connectivity index (χ4n) is 7.62. The van der Waals surface area contributed by atoms with Crippen molar-refractivity contribution in [3.05, 3.63) is 59.1 Å². The Morgan fingerprint density at radius 1 is 1.05 bits per heavy atom. The molecule has 8 rings (SSSR count). The minimum atomic E-state index is -0.795. The van der Waals surface area contributed by atoms with Gasteiger partial charge in [-0.15, -0.1) is 0 Å². The second-order valence-electron chi connectivity index (χ2n) is 12.9. The number of anilines is 2. The summed E-state index contributed by atoms with van der Waals surface area (Å²) in [6.45, 7) is 7.92. The molecule has 1 spiro atoms. The largest absolute Gasteiger partial charge is 0.377 e. The van der Waals surface area contributed by atoms with Gasteiger partial charge in [-0.1, -0.05) is 31.5 Å².